The minimum atomic E-state index is -0.928. The molecule has 0 bridgehead atoms. The van der Waals surface area contributed by atoms with Crippen molar-refractivity contribution in [1.82, 2.24) is 4.90 Å². The lowest BCUT2D eigenvalue weighted by atomic mass is 9.60. The minimum Gasteiger partial charge on any atom is -0.493 e. The molecule has 1 aromatic rings. The van der Waals surface area contributed by atoms with E-state index in [9.17, 15) is 0 Å². The van der Waals surface area contributed by atoms with Crippen molar-refractivity contribution in [1.29, 1.82) is 0 Å². The zero-order chi connectivity index (χ0) is 18.5. The average molecular weight is 357 g/mol. The predicted molar refractivity (Wildman–Crippen MR) is 99.9 cm³/mol. The Labute approximate surface area is 155 Å². The molecule has 1 heterocycles. The van der Waals surface area contributed by atoms with Crippen LogP contribution in [0.15, 0.2) is 35.9 Å². The lowest BCUT2D eigenvalue weighted by molar-refractivity contribution is -0.229. The molecule has 26 heavy (non-hydrogen) atoms. The molecule has 0 spiro atoms. The summed E-state index contributed by atoms with van der Waals surface area (Å²) in [5.74, 6) is 0.675. The monoisotopic (exact) mass is 357 g/mol. The summed E-state index contributed by atoms with van der Waals surface area (Å²) < 4.78 is 23.9. The molecule has 2 atom stereocenters. The third-order valence-electron chi connectivity index (χ3n) is 6.07. The van der Waals surface area contributed by atoms with Crippen LogP contribution in [0, 0.1) is 0 Å². The van der Waals surface area contributed by atoms with Gasteiger partial charge in [0.1, 0.15) is 0 Å². The molecular formula is C21H27NO4. The van der Waals surface area contributed by atoms with Crippen LogP contribution in [0.2, 0.25) is 0 Å². The molecular weight excluding hydrogens is 330 g/mol. The van der Waals surface area contributed by atoms with Crippen LogP contribution in [0.3, 0.4) is 0 Å². The van der Waals surface area contributed by atoms with Crippen molar-refractivity contribution in [3.8, 4) is 11.5 Å². The predicted octanol–water partition coefficient (Wildman–Crippen LogP) is 2.69. The molecule has 4 rings (SSSR count). The summed E-state index contributed by atoms with van der Waals surface area (Å²) in [5, 5.41) is 0. The van der Waals surface area contributed by atoms with Crippen LogP contribution in [0.5, 0.6) is 11.5 Å². The largest absolute Gasteiger partial charge is 0.493 e. The fourth-order valence-electron chi connectivity index (χ4n) is 4.76. The number of nitrogens with zero attached hydrogens (tertiary/aromatic N) is 1. The van der Waals surface area contributed by atoms with Gasteiger partial charge in [-0.05, 0) is 56.8 Å². The first-order chi connectivity index (χ1) is 12.5. The molecule has 5 nitrogen and oxygen atoms in total. The number of rotatable bonds is 6. The van der Waals surface area contributed by atoms with E-state index in [0.29, 0.717) is 0 Å². The maximum atomic E-state index is 6.57. The van der Waals surface area contributed by atoms with Gasteiger partial charge in [0.05, 0.1) is 12.5 Å². The normalized spacial score (nSPS) is 27.2. The number of hydrogen-bond acceptors (Lipinski definition) is 5. The summed E-state index contributed by atoms with van der Waals surface area (Å²) in [6.07, 6.45) is 7.98. The maximum Gasteiger partial charge on any atom is 0.227 e. The van der Waals surface area contributed by atoms with Gasteiger partial charge in [0.15, 0.2) is 17.6 Å². The van der Waals surface area contributed by atoms with Gasteiger partial charge in [-0.15, -0.1) is 0 Å². The summed E-state index contributed by atoms with van der Waals surface area (Å²) in [4.78, 5) is 2.21. The zero-order valence-corrected chi connectivity index (χ0v) is 16.2. The Hall–Kier alpha value is -1.82. The molecule has 140 valence electrons. The molecule has 5 heteroatoms. The van der Waals surface area contributed by atoms with Crippen molar-refractivity contribution in [3.63, 3.8) is 0 Å². The lowest BCUT2D eigenvalue weighted by Crippen LogP contribution is -2.59. The van der Waals surface area contributed by atoms with E-state index in [1.54, 1.807) is 21.3 Å². The van der Waals surface area contributed by atoms with Crippen molar-refractivity contribution in [2.75, 3.05) is 42.0 Å². The van der Waals surface area contributed by atoms with Gasteiger partial charge >= 0.3 is 0 Å². The Morgan fingerprint density at radius 1 is 1.19 bits per heavy atom. The molecule has 0 unspecified atom stereocenters. The Balaban J connectivity index is 1.98. The van der Waals surface area contributed by atoms with Gasteiger partial charge in [-0.2, -0.15) is 0 Å². The molecule has 0 radical (unpaired) electrons. The molecule has 3 aliphatic rings. The van der Waals surface area contributed by atoms with E-state index in [1.807, 2.05) is 12.1 Å². The third-order valence-corrected chi connectivity index (χ3v) is 6.07. The smallest absolute Gasteiger partial charge is 0.227 e. The van der Waals surface area contributed by atoms with Gasteiger partial charge < -0.3 is 23.8 Å². The number of methoxy groups -OCH3 is 3. The van der Waals surface area contributed by atoms with Gasteiger partial charge in [-0.25, -0.2) is 0 Å². The topological polar surface area (TPSA) is 40.2 Å². The van der Waals surface area contributed by atoms with Crippen molar-refractivity contribution in [2.45, 2.75) is 30.1 Å². The molecule has 1 aromatic carbocycles. The third kappa shape index (κ3) is 2.14. The second-order valence-electron chi connectivity index (χ2n) is 7.48. The second-order valence-corrected chi connectivity index (χ2v) is 7.48. The van der Waals surface area contributed by atoms with Crippen LogP contribution in [0.25, 0.3) is 0 Å². The van der Waals surface area contributed by atoms with E-state index in [4.69, 9.17) is 18.9 Å². The average Bonchev–Trinajstić information content (AvgIpc) is 3.02. The number of benzene rings is 1. The second kappa shape index (κ2) is 6.12. The zero-order valence-electron chi connectivity index (χ0n) is 16.2. The van der Waals surface area contributed by atoms with Crippen LogP contribution in [-0.2, 0) is 21.3 Å². The molecule has 0 fully saturated rings. The first-order valence-electron chi connectivity index (χ1n) is 9.04. The van der Waals surface area contributed by atoms with E-state index < -0.39 is 5.79 Å². The standard InChI is InChI=1S/C21H27NO4/c1-22(2)13-12-20-15-8-6-14-7-9-16(23-3)18(17(14)20)26-19(20)21(24-4,25-5)11-10-15/h7-11,19H,6,12-13H2,1-5H3/t19-,20+/m1/s1. The van der Waals surface area contributed by atoms with Crippen LogP contribution < -0.4 is 9.47 Å². The van der Waals surface area contributed by atoms with Crippen molar-refractivity contribution >= 4 is 0 Å². The van der Waals surface area contributed by atoms with Crippen LogP contribution in [0.4, 0.5) is 0 Å². The highest BCUT2D eigenvalue weighted by molar-refractivity contribution is 5.67. The van der Waals surface area contributed by atoms with E-state index in [2.05, 4.69) is 37.2 Å². The van der Waals surface area contributed by atoms with Gasteiger partial charge in [-0.1, -0.05) is 18.2 Å². The number of hydrogen-bond donors (Lipinski definition) is 0. The van der Waals surface area contributed by atoms with Gasteiger partial charge in [-0.3, -0.25) is 0 Å². The number of ether oxygens (including phenoxy) is 4. The van der Waals surface area contributed by atoms with Gasteiger partial charge in [0.2, 0.25) is 5.79 Å². The molecule has 0 amide bonds. The van der Waals surface area contributed by atoms with E-state index in [1.165, 1.54) is 16.7 Å². The van der Waals surface area contributed by atoms with Gasteiger partial charge in [0.25, 0.3) is 0 Å². The maximum absolute atomic E-state index is 6.57. The van der Waals surface area contributed by atoms with Crippen LogP contribution in [-0.4, -0.2) is 58.8 Å². The summed E-state index contributed by atoms with van der Waals surface area (Å²) >= 11 is 0. The minimum absolute atomic E-state index is 0.299. The van der Waals surface area contributed by atoms with Gasteiger partial charge in [0, 0.05) is 19.8 Å². The van der Waals surface area contributed by atoms with Crippen molar-refractivity contribution in [2.24, 2.45) is 0 Å². The Morgan fingerprint density at radius 3 is 2.62 bits per heavy atom. The van der Waals surface area contributed by atoms with E-state index in [-0.39, 0.29) is 11.5 Å². The van der Waals surface area contributed by atoms with Crippen LogP contribution in [0.1, 0.15) is 17.5 Å². The lowest BCUT2D eigenvalue weighted by Gasteiger charge is -2.48. The molecule has 1 aliphatic heterocycles. The molecule has 0 aromatic heterocycles. The molecule has 0 saturated carbocycles. The highest BCUT2D eigenvalue weighted by atomic mass is 16.7. The summed E-state index contributed by atoms with van der Waals surface area (Å²) in [7, 11) is 9.24. The highest BCUT2D eigenvalue weighted by Crippen LogP contribution is 2.61. The van der Waals surface area contributed by atoms with Crippen LogP contribution >= 0.6 is 0 Å². The summed E-state index contributed by atoms with van der Waals surface area (Å²) in [5.41, 5.74) is 3.52. The highest BCUT2D eigenvalue weighted by Gasteiger charge is 2.63. The molecule has 0 N–H and O–H groups in total. The van der Waals surface area contributed by atoms with E-state index >= 15 is 0 Å². The Bertz CT molecular complexity index is 778. The van der Waals surface area contributed by atoms with E-state index in [0.717, 1.165) is 30.9 Å². The Morgan fingerprint density at radius 2 is 1.96 bits per heavy atom. The van der Waals surface area contributed by atoms with Crippen molar-refractivity contribution < 1.29 is 18.9 Å². The molecule has 0 saturated heterocycles. The van der Waals surface area contributed by atoms with Crippen molar-refractivity contribution in [3.05, 3.63) is 47.1 Å². The first kappa shape index (κ1) is 17.6. The SMILES string of the molecule is COc1ccc2c3c1O[C@H]1C(OC)(OC)C=CC(=CC2)[C@@]31CCN(C)C. The summed E-state index contributed by atoms with van der Waals surface area (Å²) in [6, 6.07) is 4.16. The Kier molecular flexibility index (Phi) is 4.14. The first-order valence-corrected chi connectivity index (χ1v) is 9.04. The summed E-state index contributed by atoms with van der Waals surface area (Å²) in [6.45, 7) is 0.935. The quantitative estimate of drug-likeness (QED) is 0.732. The fourth-order valence-corrected chi connectivity index (χ4v) is 4.76. The number of allylic oxidation sites excluding steroid dienone is 2. The molecule has 2 aliphatic carbocycles. The fraction of sp³-hybridized carbons (Fsp3) is 0.524.